The number of aromatic nitrogens is 5. The predicted octanol–water partition coefficient (Wildman–Crippen LogP) is 5.48. The molecule has 0 spiro atoms. The molecule has 3 aliphatic heterocycles. The van der Waals surface area contributed by atoms with Crippen molar-refractivity contribution in [3.63, 3.8) is 0 Å². The van der Waals surface area contributed by atoms with Crippen LogP contribution in [0.3, 0.4) is 0 Å². The van der Waals surface area contributed by atoms with E-state index in [1.165, 1.54) is 19.3 Å². The maximum atomic E-state index is 14.6. The summed E-state index contributed by atoms with van der Waals surface area (Å²) in [6, 6.07) is -2.11. The number of nitrogens with two attached hydrogens (primary N) is 2. The summed E-state index contributed by atoms with van der Waals surface area (Å²) in [6.07, 6.45) is 17.8. The normalized spacial score (nSPS) is 28.1. The van der Waals surface area contributed by atoms with E-state index < -0.39 is 89.5 Å². The lowest BCUT2D eigenvalue weighted by Gasteiger charge is -2.40. The fourth-order valence-corrected chi connectivity index (χ4v) is 13.8. The van der Waals surface area contributed by atoms with Gasteiger partial charge in [-0.25, -0.2) is 19.4 Å². The highest BCUT2D eigenvalue weighted by Gasteiger charge is 2.50. The Bertz CT molecular complexity index is 3210. The maximum absolute atomic E-state index is 14.6. The van der Waals surface area contributed by atoms with Crippen molar-refractivity contribution in [3.05, 3.63) is 71.4 Å². The van der Waals surface area contributed by atoms with Gasteiger partial charge in [-0.3, -0.25) is 24.0 Å². The number of ether oxygens (including phenoxy) is 11. The average molecular weight is 1540 g/mol. The number of hydrogen-bond acceptors (Lipinski definition) is 28. The Morgan fingerprint density at radius 3 is 2.15 bits per heavy atom. The number of aryl methyl sites for hydroxylation is 1. The van der Waals surface area contributed by atoms with E-state index in [0.29, 0.717) is 181 Å². The molecule has 6 rings (SSSR count). The quantitative estimate of drug-likeness (QED) is 0.0135. The molecule has 3 fully saturated rings. The zero-order valence-electron chi connectivity index (χ0n) is 65.3. The van der Waals surface area contributed by atoms with Crippen LogP contribution in [0.4, 0.5) is 11.6 Å². The van der Waals surface area contributed by atoms with E-state index in [-0.39, 0.29) is 80.0 Å². The van der Waals surface area contributed by atoms with E-state index in [2.05, 4.69) is 30.9 Å². The number of carbonyl (C=O) groups excluding carboxylic acids is 6. The first-order valence-electron chi connectivity index (χ1n) is 39.0. The Kier molecular flexibility index (Phi) is 42.1. The van der Waals surface area contributed by atoms with Gasteiger partial charge < -0.3 is 99.8 Å². The number of amides is 2. The molecule has 109 heavy (non-hydrogen) atoms. The number of nitrogens with one attached hydrogen (secondary N) is 3. The fourth-order valence-electron chi connectivity index (χ4n) is 13.8. The Morgan fingerprint density at radius 1 is 0.771 bits per heavy atom. The number of unbranched alkanes of at least 4 members (excludes halogenated alkanes) is 2. The second kappa shape index (κ2) is 50.3. The smallest absolute Gasteiger partial charge is 0.329 e. The number of ketones is 3. The van der Waals surface area contributed by atoms with Gasteiger partial charge in [0.2, 0.25) is 11.7 Å². The summed E-state index contributed by atoms with van der Waals surface area (Å²) >= 11 is 0. The second-order valence-corrected chi connectivity index (χ2v) is 28.9. The number of Topliss-reactive ketones (excluding diaryl/α,β-unsaturated/α-hetero) is 3. The van der Waals surface area contributed by atoms with E-state index in [4.69, 9.17) is 69.0 Å². The van der Waals surface area contributed by atoms with Crippen LogP contribution in [0.15, 0.2) is 60.1 Å². The molecule has 31 heteroatoms. The number of anilines is 2. The molecule has 1 saturated carbocycles. The topological polar surface area (TPSA) is 424 Å². The molecular weight excluding hydrogens is 1410 g/mol. The van der Waals surface area contributed by atoms with Gasteiger partial charge in [0.25, 0.3) is 11.7 Å². The molecule has 5 heterocycles. The van der Waals surface area contributed by atoms with Crippen molar-refractivity contribution in [3.8, 4) is 0 Å². The molecule has 10 N–H and O–H groups in total. The largest absolute Gasteiger partial charge is 0.459 e. The first-order chi connectivity index (χ1) is 52.5. The molecule has 612 valence electrons. The number of cyclic esters (lactones) is 1. The predicted molar refractivity (Wildman–Crippen MR) is 406 cm³/mol. The van der Waals surface area contributed by atoms with Gasteiger partial charge in [-0.1, -0.05) is 62.4 Å². The number of rotatable bonds is 39. The highest BCUT2D eigenvalue weighted by Crippen LogP contribution is 2.35. The van der Waals surface area contributed by atoms with Gasteiger partial charge in [0.05, 0.1) is 122 Å². The Morgan fingerprint density at radius 2 is 1.46 bits per heavy atom. The van der Waals surface area contributed by atoms with E-state index in [1.807, 2.05) is 50.4 Å². The molecule has 14 atom stereocenters. The van der Waals surface area contributed by atoms with Crippen molar-refractivity contribution in [2.75, 3.05) is 131 Å². The van der Waals surface area contributed by atoms with Crippen molar-refractivity contribution in [1.29, 1.82) is 5.41 Å². The van der Waals surface area contributed by atoms with Crippen LogP contribution in [-0.2, 0) is 93.8 Å². The first-order valence-corrected chi connectivity index (χ1v) is 39.0. The number of esters is 1. The average Bonchev–Trinajstić information content (AvgIpc) is 1.41. The lowest BCUT2D eigenvalue weighted by molar-refractivity contribution is -0.245. The number of nitrogen functional groups attached to an aromatic ring is 1. The lowest BCUT2D eigenvalue weighted by Crippen LogP contribution is -2.58. The minimum Gasteiger partial charge on any atom is -0.459 e. The first kappa shape index (κ1) is 91.2. The number of nitrogens with zero attached hydrogens (tertiary/aromatic N) is 6. The number of hydrogen-bond donors (Lipinski definition) is 8. The summed E-state index contributed by atoms with van der Waals surface area (Å²) < 4.78 is 65.9. The molecule has 0 radical (unpaired) electrons. The minimum absolute atomic E-state index is 0.0220. The summed E-state index contributed by atoms with van der Waals surface area (Å²) in [5, 5.41) is 56.4. The Balaban J connectivity index is 0.860. The van der Waals surface area contributed by atoms with Crippen molar-refractivity contribution < 1.29 is 96.2 Å². The summed E-state index contributed by atoms with van der Waals surface area (Å²) in [4.78, 5) is 92.2. The van der Waals surface area contributed by atoms with Crippen LogP contribution in [0.2, 0.25) is 0 Å². The zero-order chi connectivity index (χ0) is 78.9. The third kappa shape index (κ3) is 32.1. The van der Waals surface area contributed by atoms with Gasteiger partial charge in [0.1, 0.15) is 48.1 Å². The number of aliphatic hydroxyl groups is 3. The highest BCUT2D eigenvalue weighted by atomic mass is 16.6. The van der Waals surface area contributed by atoms with Gasteiger partial charge in [-0.05, 0) is 133 Å². The number of carbonyl (C=O) groups is 6. The third-order valence-corrected chi connectivity index (χ3v) is 20.3. The molecule has 31 nitrogen and oxygen atoms in total. The minimum atomic E-state index is -2.44. The molecule has 2 saturated heterocycles. The van der Waals surface area contributed by atoms with Gasteiger partial charge >= 0.3 is 5.97 Å². The van der Waals surface area contributed by atoms with Crippen molar-refractivity contribution in [2.45, 2.75) is 224 Å². The van der Waals surface area contributed by atoms with E-state index in [9.17, 15) is 44.1 Å². The van der Waals surface area contributed by atoms with E-state index in [1.54, 1.807) is 32.7 Å². The van der Waals surface area contributed by atoms with Crippen molar-refractivity contribution in [1.82, 2.24) is 35.2 Å². The molecule has 4 aliphatic rings. The fraction of sp³-hybridized carbons (Fsp3) is 0.731. The van der Waals surface area contributed by atoms with E-state index >= 15 is 0 Å². The number of fused-ring (bicyclic) bond motifs is 3. The zero-order valence-corrected chi connectivity index (χ0v) is 65.3. The molecule has 2 amide bonds. The van der Waals surface area contributed by atoms with Crippen LogP contribution in [0.5, 0.6) is 0 Å². The van der Waals surface area contributed by atoms with Crippen molar-refractivity contribution in [2.24, 2.45) is 29.4 Å². The standard InChI is InChI=1S/C78H125N11O20/c1-53-18-9-8-10-19-54(2)66(99-6)48-60-21-17-26-78(98,109-60)73(95)76(96)89-29-15-11-22-63(89)77(97)108-67(49-64(90)55(3)45-57(5)71(93)72(94)70(92)56(4)44-53)62(80)46-58-23-24-65(68(47-58)100-7)107-31-16-12-20-59-51-88(87-86-59)30-33-102-35-37-104-39-41-106-43-42-105-40-38-103-36-34-101-32-25-69(91)82-27-13-14-28-83-75-61(50-79)74(81)84-52-85-75/h8-10,18-19,45,50-53,55-56,58,60,62-63,65-68,71-72,79,93-94,98H,11-17,20-44,46-49,80H2,1-7H3,(H,82,91)(H3,81,83,84,85)/b10-8+,18-9+,54-19+,57-45+,79-50?/t53?,55?,56?,58?,60-,62+,63?,65?,66?,67?,68+,71?,72-,78+/m0/s1. The highest BCUT2D eigenvalue weighted by molar-refractivity contribution is 6.39. The van der Waals surface area contributed by atoms with Crippen LogP contribution in [0.25, 0.3) is 0 Å². The van der Waals surface area contributed by atoms with Crippen LogP contribution < -0.4 is 22.1 Å². The maximum Gasteiger partial charge on any atom is 0.329 e. The monoisotopic (exact) mass is 1540 g/mol. The summed E-state index contributed by atoms with van der Waals surface area (Å²) in [6.45, 7) is 15.8. The van der Waals surface area contributed by atoms with Gasteiger partial charge in [0.15, 0.2) is 5.78 Å². The van der Waals surface area contributed by atoms with Crippen LogP contribution >= 0.6 is 0 Å². The number of allylic oxidation sites excluding steroid dienone is 6. The third-order valence-electron chi connectivity index (χ3n) is 20.3. The Labute approximate surface area is 642 Å². The molecule has 2 aromatic rings. The number of piperidine rings is 1. The van der Waals surface area contributed by atoms with Crippen molar-refractivity contribution >= 4 is 53.0 Å². The molecule has 2 bridgehead atoms. The number of aliphatic hydroxyl groups excluding tert-OH is 2. The Hall–Kier alpha value is -6.69. The molecular formula is C78H125N11O20. The summed E-state index contributed by atoms with van der Waals surface area (Å²) in [5.74, 6) is -7.38. The van der Waals surface area contributed by atoms with E-state index in [0.717, 1.165) is 48.1 Å². The lowest BCUT2D eigenvalue weighted by atomic mass is 9.80. The van der Waals surface area contributed by atoms with Crippen LogP contribution in [-0.4, -0.2) is 267 Å². The van der Waals surface area contributed by atoms with Gasteiger partial charge in [-0.2, -0.15) is 0 Å². The molecule has 9 unspecified atom stereocenters. The SMILES string of the molecule is COC1C[C@@H]2CCC[C@@](O)(O2)C(=O)C(=O)N2CCCCC2C(=O)OC([C@H](N)CC2CCC(OCCCCc3cn(CCOCCOCCOCCOCCOCCOCCC(=O)NCCCCNc4ncnc(N)c4C=N)nn3)[C@H](OC)C2)CC(=O)C(C)/C=C(\C)C(O)[C@@H](O)C(=O)C(C)CC(C)/C=C/C=C/C=C/1C. The second-order valence-electron chi connectivity index (χ2n) is 28.9. The molecule has 1 aliphatic carbocycles. The summed E-state index contributed by atoms with van der Waals surface area (Å²) in [7, 11) is 3.20. The van der Waals surface area contributed by atoms with Crippen LogP contribution in [0, 0.1) is 29.1 Å². The molecule has 2 aromatic heterocycles. The number of methoxy groups -OCH3 is 2. The molecule has 0 aromatic carbocycles. The summed E-state index contributed by atoms with van der Waals surface area (Å²) in [5.41, 5.74) is 15.2. The van der Waals surface area contributed by atoms with Crippen LogP contribution in [0.1, 0.15) is 161 Å². The van der Waals surface area contributed by atoms with Gasteiger partial charge in [-0.15, -0.1) is 5.10 Å². The van der Waals surface area contributed by atoms with Gasteiger partial charge in [0, 0.05) is 96.4 Å².